The zero-order valence-corrected chi connectivity index (χ0v) is 15.3. The Kier molecular flexibility index (Phi) is 8.90. The summed E-state index contributed by atoms with van der Waals surface area (Å²) in [5.74, 6) is 1.14. The summed E-state index contributed by atoms with van der Waals surface area (Å²) in [4.78, 5) is 0. The minimum absolute atomic E-state index is 0. The van der Waals surface area contributed by atoms with Gasteiger partial charge in [0.05, 0.1) is 13.7 Å². The van der Waals surface area contributed by atoms with Crippen molar-refractivity contribution < 1.29 is 13.9 Å². The van der Waals surface area contributed by atoms with E-state index >= 15 is 0 Å². The van der Waals surface area contributed by atoms with Crippen LogP contribution < -0.4 is 14.8 Å². The van der Waals surface area contributed by atoms with Crippen molar-refractivity contribution in [1.82, 2.24) is 5.32 Å². The first-order valence-corrected chi connectivity index (χ1v) is 7.96. The summed E-state index contributed by atoms with van der Waals surface area (Å²) in [5, 5.41) is 3.89. The van der Waals surface area contributed by atoms with Gasteiger partial charge in [0, 0.05) is 23.2 Å². The zero-order chi connectivity index (χ0) is 16.7. The molecule has 0 saturated carbocycles. The molecular weight excluding hydrogens is 352 g/mol. The predicted molar refractivity (Wildman–Crippen MR) is 98.2 cm³/mol. The van der Waals surface area contributed by atoms with Gasteiger partial charge in [0.15, 0.2) is 11.5 Å². The predicted octanol–water partition coefficient (Wildman–Crippen LogP) is 4.64. The Morgan fingerprint density at radius 1 is 1.17 bits per heavy atom. The molecule has 2 aromatic carbocycles. The number of methoxy groups -OCH3 is 1. The quantitative estimate of drug-likeness (QED) is 0.683. The second kappa shape index (κ2) is 10.4. The van der Waals surface area contributed by atoms with E-state index in [1.54, 1.807) is 25.3 Å². The first-order valence-electron chi connectivity index (χ1n) is 7.59. The monoisotopic (exact) mass is 373 g/mol. The molecule has 0 atom stereocenters. The fourth-order valence-electron chi connectivity index (χ4n) is 2.36. The van der Waals surface area contributed by atoms with Crippen molar-refractivity contribution >= 4 is 24.0 Å². The van der Waals surface area contributed by atoms with Gasteiger partial charge in [-0.1, -0.05) is 29.8 Å². The smallest absolute Gasteiger partial charge is 0.165 e. The number of hydrogen-bond donors (Lipinski definition) is 1. The second-order valence-electron chi connectivity index (χ2n) is 5.05. The van der Waals surface area contributed by atoms with Gasteiger partial charge in [0.25, 0.3) is 0 Å². The highest BCUT2D eigenvalue weighted by Gasteiger charge is 2.12. The van der Waals surface area contributed by atoms with Crippen molar-refractivity contribution in [2.75, 3.05) is 20.3 Å². The normalized spacial score (nSPS) is 10.2. The highest BCUT2D eigenvalue weighted by atomic mass is 35.5. The molecule has 6 heteroatoms. The molecule has 0 spiro atoms. The lowest BCUT2D eigenvalue weighted by Gasteiger charge is -2.15. The Balaban J connectivity index is 0.00000288. The van der Waals surface area contributed by atoms with E-state index in [1.807, 2.05) is 19.1 Å². The lowest BCUT2D eigenvalue weighted by Crippen LogP contribution is -2.18. The molecule has 0 bridgehead atoms. The maximum atomic E-state index is 13.6. The SMILES string of the molecule is CCOc1c(CNCCc2ccccc2F)cc(Cl)cc1OC.Cl. The Labute approximate surface area is 153 Å². The number of rotatable bonds is 8. The van der Waals surface area contributed by atoms with E-state index in [2.05, 4.69) is 5.32 Å². The van der Waals surface area contributed by atoms with Gasteiger partial charge in [-0.15, -0.1) is 12.4 Å². The van der Waals surface area contributed by atoms with Crippen LogP contribution in [-0.2, 0) is 13.0 Å². The minimum Gasteiger partial charge on any atom is -0.493 e. The molecule has 0 heterocycles. The van der Waals surface area contributed by atoms with Gasteiger partial charge in [-0.05, 0) is 37.6 Å². The van der Waals surface area contributed by atoms with E-state index < -0.39 is 0 Å². The van der Waals surface area contributed by atoms with Crippen LogP contribution in [0.1, 0.15) is 18.1 Å². The largest absolute Gasteiger partial charge is 0.493 e. The van der Waals surface area contributed by atoms with E-state index in [-0.39, 0.29) is 18.2 Å². The Morgan fingerprint density at radius 2 is 1.92 bits per heavy atom. The van der Waals surface area contributed by atoms with E-state index in [0.717, 1.165) is 5.56 Å². The van der Waals surface area contributed by atoms with Gasteiger partial charge in [-0.25, -0.2) is 4.39 Å². The highest BCUT2D eigenvalue weighted by Crippen LogP contribution is 2.34. The molecule has 0 aliphatic carbocycles. The minimum atomic E-state index is -0.172. The van der Waals surface area contributed by atoms with Crippen molar-refractivity contribution in [1.29, 1.82) is 0 Å². The van der Waals surface area contributed by atoms with Crippen LogP contribution in [0.2, 0.25) is 5.02 Å². The molecule has 0 aliphatic heterocycles. The number of benzene rings is 2. The molecule has 2 rings (SSSR count). The van der Waals surface area contributed by atoms with Gasteiger partial charge in [0.1, 0.15) is 5.82 Å². The Bertz CT molecular complexity index is 653. The average molecular weight is 374 g/mol. The average Bonchev–Trinajstić information content (AvgIpc) is 2.55. The van der Waals surface area contributed by atoms with Crippen LogP contribution in [0, 0.1) is 5.82 Å². The summed E-state index contributed by atoms with van der Waals surface area (Å²) in [6.45, 7) is 3.69. The molecule has 0 unspecified atom stereocenters. The van der Waals surface area contributed by atoms with Crippen LogP contribution in [0.15, 0.2) is 36.4 Å². The van der Waals surface area contributed by atoms with Crippen LogP contribution in [0.25, 0.3) is 0 Å². The summed E-state index contributed by atoms with van der Waals surface area (Å²) in [6.07, 6.45) is 0.619. The van der Waals surface area contributed by atoms with Gasteiger partial charge in [0.2, 0.25) is 0 Å². The van der Waals surface area contributed by atoms with E-state index in [0.29, 0.717) is 48.2 Å². The molecule has 0 fully saturated rings. The second-order valence-corrected chi connectivity index (χ2v) is 5.48. The molecule has 0 saturated heterocycles. The van der Waals surface area contributed by atoms with Crippen LogP contribution in [-0.4, -0.2) is 20.3 Å². The summed E-state index contributed by atoms with van der Waals surface area (Å²) >= 11 is 6.12. The Morgan fingerprint density at radius 3 is 2.58 bits per heavy atom. The van der Waals surface area contributed by atoms with Crippen molar-refractivity contribution in [3.8, 4) is 11.5 Å². The Hall–Kier alpha value is -1.49. The molecule has 0 aromatic heterocycles. The van der Waals surface area contributed by atoms with Gasteiger partial charge in [-0.3, -0.25) is 0 Å². The summed E-state index contributed by atoms with van der Waals surface area (Å²) < 4.78 is 24.6. The molecule has 1 N–H and O–H groups in total. The molecule has 0 radical (unpaired) electrons. The summed E-state index contributed by atoms with van der Waals surface area (Å²) in [5.41, 5.74) is 1.62. The number of ether oxygens (including phenoxy) is 2. The first kappa shape index (κ1) is 20.6. The van der Waals surface area contributed by atoms with E-state index in [4.69, 9.17) is 21.1 Å². The fraction of sp³-hybridized carbons (Fsp3) is 0.333. The third-order valence-electron chi connectivity index (χ3n) is 3.45. The molecular formula is C18H22Cl2FNO2. The summed E-state index contributed by atoms with van der Waals surface area (Å²) in [6, 6.07) is 10.4. The third-order valence-corrected chi connectivity index (χ3v) is 3.67. The lowest BCUT2D eigenvalue weighted by molar-refractivity contribution is 0.307. The van der Waals surface area contributed by atoms with Gasteiger partial charge >= 0.3 is 0 Å². The standard InChI is InChI=1S/C18H21ClFNO2.ClH/c1-3-23-18-14(10-15(19)11-17(18)22-2)12-21-9-8-13-6-4-5-7-16(13)20;/h4-7,10-11,21H,3,8-9,12H2,1-2H3;1H. The van der Waals surface area contributed by atoms with Crippen LogP contribution in [0.5, 0.6) is 11.5 Å². The van der Waals surface area contributed by atoms with Crippen molar-refractivity contribution in [3.05, 3.63) is 58.4 Å². The molecule has 132 valence electrons. The number of halogens is 3. The van der Waals surface area contributed by atoms with E-state index in [1.165, 1.54) is 6.07 Å². The van der Waals surface area contributed by atoms with Crippen LogP contribution in [0.4, 0.5) is 4.39 Å². The summed E-state index contributed by atoms with van der Waals surface area (Å²) in [7, 11) is 1.59. The first-order chi connectivity index (χ1) is 11.2. The van der Waals surface area contributed by atoms with Gasteiger partial charge in [-0.2, -0.15) is 0 Å². The topological polar surface area (TPSA) is 30.5 Å². The molecule has 0 amide bonds. The van der Waals surface area contributed by atoms with Crippen molar-refractivity contribution in [2.45, 2.75) is 19.9 Å². The maximum Gasteiger partial charge on any atom is 0.165 e. The van der Waals surface area contributed by atoms with Crippen LogP contribution >= 0.6 is 24.0 Å². The molecule has 24 heavy (non-hydrogen) atoms. The molecule has 0 aliphatic rings. The fourth-order valence-corrected chi connectivity index (χ4v) is 2.59. The van der Waals surface area contributed by atoms with Crippen LogP contribution in [0.3, 0.4) is 0 Å². The number of hydrogen-bond acceptors (Lipinski definition) is 3. The zero-order valence-electron chi connectivity index (χ0n) is 13.8. The van der Waals surface area contributed by atoms with Crippen molar-refractivity contribution in [2.24, 2.45) is 0 Å². The number of nitrogens with one attached hydrogen (secondary N) is 1. The third kappa shape index (κ3) is 5.55. The maximum absolute atomic E-state index is 13.6. The lowest BCUT2D eigenvalue weighted by atomic mass is 10.1. The highest BCUT2D eigenvalue weighted by molar-refractivity contribution is 6.30. The van der Waals surface area contributed by atoms with Crippen molar-refractivity contribution in [3.63, 3.8) is 0 Å². The van der Waals surface area contributed by atoms with E-state index in [9.17, 15) is 4.39 Å². The molecule has 3 nitrogen and oxygen atoms in total. The molecule has 2 aromatic rings. The van der Waals surface area contributed by atoms with Gasteiger partial charge < -0.3 is 14.8 Å².